The van der Waals surface area contributed by atoms with E-state index >= 15 is 0 Å². The zero-order valence-corrected chi connectivity index (χ0v) is 12.8. The quantitative estimate of drug-likeness (QED) is 0.885. The number of hydrogen-bond donors (Lipinski definition) is 1. The zero-order chi connectivity index (χ0) is 14.6. The van der Waals surface area contributed by atoms with Crippen molar-refractivity contribution in [3.63, 3.8) is 0 Å². The Bertz CT molecular complexity index is 455. The van der Waals surface area contributed by atoms with E-state index in [1.165, 1.54) is 0 Å². The summed E-state index contributed by atoms with van der Waals surface area (Å²) in [6, 6.07) is 1.97. The molecule has 1 aromatic rings. The lowest BCUT2D eigenvalue weighted by atomic mass is 9.95. The molecule has 1 saturated heterocycles. The molecule has 6 heteroatoms. The molecule has 0 aromatic carbocycles. The Morgan fingerprint density at radius 3 is 2.85 bits per heavy atom. The van der Waals surface area contributed by atoms with Crippen LogP contribution in [-0.4, -0.2) is 49.9 Å². The van der Waals surface area contributed by atoms with Gasteiger partial charge in [-0.2, -0.15) is 0 Å². The van der Waals surface area contributed by atoms with Gasteiger partial charge in [-0.15, -0.1) is 0 Å². The maximum atomic E-state index is 5.64. The van der Waals surface area contributed by atoms with Gasteiger partial charge in [0.05, 0.1) is 5.60 Å². The van der Waals surface area contributed by atoms with Crippen LogP contribution in [0.3, 0.4) is 0 Å². The van der Waals surface area contributed by atoms with Crippen molar-refractivity contribution in [1.29, 1.82) is 0 Å². The predicted molar refractivity (Wildman–Crippen MR) is 79.2 cm³/mol. The van der Waals surface area contributed by atoms with Gasteiger partial charge in [0.2, 0.25) is 0 Å². The molecule has 112 valence electrons. The monoisotopic (exact) mass is 280 g/mol. The summed E-state index contributed by atoms with van der Waals surface area (Å²) in [4.78, 5) is 11.2. The first-order chi connectivity index (χ1) is 9.60. The maximum Gasteiger partial charge on any atom is 0.158 e. The summed E-state index contributed by atoms with van der Waals surface area (Å²) in [6.07, 6.45) is 2.18. The highest BCUT2D eigenvalue weighted by Gasteiger charge is 2.31. The Balaban J connectivity index is 2.24. The van der Waals surface area contributed by atoms with Gasteiger partial charge < -0.3 is 19.7 Å². The first-order valence-electron chi connectivity index (χ1n) is 6.95. The number of nitrogens with one attached hydrogen (secondary N) is 1. The molecule has 1 N–H and O–H groups in total. The molecule has 1 aromatic heterocycles. The van der Waals surface area contributed by atoms with Crippen molar-refractivity contribution in [3.05, 3.63) is 11.9 Å². The highest BCUT2D eigenvalue weighted by molar-refractivity contribution is 5.49. The van der Waals surface area contributed by atoms with E-state index in [-0.39, 0.29) is 5.60 Å². The van der Waals surface area contributed by atoms with Gasteiger partial charge in [0.15, 0.2) is 5.82 Å². The van der Waals surface area contributed by atoms with E-state index in [2.05, 4.69) is 27.1 Å². The molecule has 0 aliphatic carbocycles. The van der Waals surface area contributed by atoms with Crippen LogP contribution in [0, 0.1) is 0 Å². The topological polar surface area (TPSA) is 59.5 Å². The van der Waals surface area contributed by atoms with Crippen molar-refractivity contribution in [3.8, 4) is 0 Å². The lowest BCUT2D eigenvalue weighted by molar-refractivity contribution is -0.00483. The molecule has 0 saturated carbocycles. The van der Waals surface area contributed by atoms with E-state index in [9.17, 15) is 0 Å². The zero-order valence-electron chi connectivity index (χ0n) is 12.8. The van der Waals surface area contributed by atoms with Gasteiger partial charge >= 0.3 is 0 Å². The first-order valence-corrected chi connectivity index (χ1v) is 6.95. The van der Waals surface area contributed by atoms with Crippen molar-refractivity contribution in [2.24, 2.45) is 0 Å². The van der Waals surface area contributed by atoms with E-state index in [1.54, 1.807) is 14.2 Å². The van der Waals surface area contributed by atoms with Crippen molar-refractivity contribution in [1.82, 2.24) is 9.97 Å². The Morgan fingerprint density at radius 1 is 1.40 bits per heavy atom. The van der Waals surface area contributed by atoms with E-state index in [0.717, 1.165) is 37.6 Å². The second-order valence-corrected chi connectivity index (χ2v) is 5.39. The lowest BCUT2D eigenvalue weighted by Gasteiger charge is -2.40. The van der Waals surface area contributed by atoms with E-state index in [4.69, 9.17) is 9.47 Å². The molecule has 20 heavy (non-hydrogen) atoms. The van der Waals surface area contributed by atoms with E-state index in [1.807, 2.05) is 13.1 Å². The van der Waals surface area contributed by atoms with Crippen LogP contribution in [0.5, 0.6) is 0 Å². The number of methoxy groups -OCH3 is 2. The SMILES string of the molecule is CNc1cc(N2CCCC(C)(OC)C2)nc(COC)n1. The Kier molecular flexibility index (Phi) is 4.77. The van der Waals surface area contributed by atoms with Crippen LogP contribution in [-0.2, 0) is 16.1 Å². The molecule has 1 aliphatic rings. The van der Waals surface area contributed by atoms with E-state index in [0.29, 0.717) is 12.4 Å². The minimum absolute atomic E-state index is 0.107. The third-order valence-electron chi connectivity index (χ3n) is 3.76. The van der Waals surface area contributed by atoms with Crippen LogP contribution in [0.25, 0.3) is 0 Å². The number of anilines is 2. The third kappa shape index (κ3) is 3.37. The number of ether oxygens (including phenoxy) is 2. The molecule has 0 spiro atoms. The number of rotatable bonds is 5. The minimum Gasteiger partial charge on any atom is -0.377 e. The molecule has 1 aliphatic heterocycles. The van der Waals surface area contributed by atoms with Gasteiger partial charge in [0.1, 0.15) is 18.2 Å². The van der Waals surface area contributed by atoms with Crippen LogP contribution in [0.2, 0.25) is 0 Å². The molecule has 1 atom stereocenters. The largest absolute Gasteiger partial charge is 0.377 e. The van der Waals surface area contributed by atoms with Gasteiger partial charge in [-0.25, -0.2) is 9.97 Å². The molecular formula is C14H24N4O2. The minimum atomic E-state index is -0.107. The Hall–Kier alpha value is -1.40. The van der Waals surface area contributed by atoms with Crippen LogP contribution in [0.4, 0.5) is 11.6 Å². The van der Waals surface area contributed by atoms with Crippen LogP contribution in [0.15, 0.2) is 6.07 Å². The molecule has 0 amide bonds. The molecular weight excluding hydrogens is 256 g/mol. The van der Waals surface area contributed by atoms with Gasteiger partial charge in [0.25, 0.3) is 0 Å². The third-order valence-corrected chi connectivity index (χ3v) is 3.76. The average Bonchev–Trinajstić information content (AvgIpc) is 2.47. The summed E-state index contributed by atoms with van der Waals surface area (Å²) in [5, 5.41) is 3.08. The summed E-state index contributed by atoms with van der Waals surface area (Å²) in [7, 11) is 5.29. The number of piperidine rings is 1. The fraction of sp³-hybridized carbons (Fsp3) is 0.714. The van der Waals surface area contributed by atoms with Crippen molar-refractivity contribution < 1.29 is 9.47 Å². The summed E-state index contributed by atoms with van der Waals surface area (Å²) in [5.74, 6) is 2.44. The maximum absolute atomic E-state index is 5.64. The molecule has 1 fully saturated rings. The number of nitrogens with zero attached hydrogens (tertiary/aromatic N) is 3. The fourth-order valence-corrected chi connectivity index (χ4v) is 2.53. The molecule has 2 heterocycles. The Morgan fingerprint density at radius 2 is 2.20 bits per heavy atom. The second-order valence-electron chi connectivity index (χ2n) is 5.39. The highest BCUT2D eigenvalue weighted by Crippen LogP contribution is 2.28. The van der Waals surface area contributed by atoms with E-state index < -0.39 is 0 Å². The molecule has 6 nitrogen and oxygen atoms in total. The van der Waals surface area contributed by atoms with Crippen LogP contribution in [0.1, 0.15) is 25.6 Å². The van der Waals surface area contributed by atoms with Gasteiger partial charge in [0, 0.05) is 40.4 Å². The molecule has 2 rings (SSSR count). The lowest BCUT2D eigenvalue weighted by Crippen LogP contribution is -2.47. The Labute approximate surface area is 120 Å². The smallest absolute Gasteiger partial charge is 0.158 e. The van der Waals surface area contributed by atoms with Crippen molar-refractivity contribution in [2.75, 3.05) is 44.6 Å². The van der Waals surface area contributed by atoms with Gasteiger partial charge in [-0.05, 0) is 19.8 Å². The average molecular weight is 280 g/mol. The van der Waals surface area contributed by atoms with Crippen molar-refractivity contribution in [2.45, 2.75) is 32.0 Å². The van der Waals surface area contributed by atoms with Gasteiger partial charge in [-0.1, -0.05) is 0 Å². The normalized spacial score (nSPS) is 22.9. The van der Waals surface area contributed by atoms with Crippen LogP contribution < -0.4 is 10.2 Å². The summed E-state index contributed by atoms with van der Waals surface area (Å²) in [5.41, 5.74) is -0.107. The fourth-order valence-electron chi connectivity index (χ4n) is 2.53. The number of aromatic nitrogens is 2. The summed E-state index contributed by atoms with van der Waals surface area (Å²) < 4.78 is 10.8. The predicted octanol–water partition coefficient (Wildman–Crippen LogP) is 1.67. The van der Waals surface area contributed by atoms with Crippen LogP contribution >= 0.6 is 0 Å². The summed E-state index contributed by atoms with van der Waals surface area (Å²) >= 11 is 0. The second kappa shape index (κ2) is 6.37. The summed E-state index contributed by atoms with van der Waals surface area (Å²) in [6.45, 7) is 4.40. The highest BCUT2D eigenvalue weighted by atomic mass is 16.5. The van der Waals surface area contributed by atoms with Crippen molar-refractivity contribution >= 4 is 11.6 Å². The number of hydrogen-bond acceptors (Lipinski definition) is 6. The molecule has 0 bridgehead atoms. The van der Waals surface area contributed by atoms with Gasteiger partial charge in [-0.3, -0.25) is 0 Å². The standard InChI is InChI=1S/C14H24N4O2/c1-14(20-4)6-5-7-18(10-14)13-8-11(15-2)16-12(17-13)9-19-3/h8H,5-7,9-10H2,1-4H3,(H,15,16,17). The first kappa shape index (κ1) is 15.0. The molecule has 1 unspecified atom stereocenters. The molecule has 0 radical (unpaired) electrons.